The summed E-state index contributed by atoms with van der Waals surface area (Å²) in [4.78, 5) is 17.2. The van der Waals surface area contributed by atoms with Gasteiger partial charge in [-0.25, -0.2) is 0 Å². The molecule has 0 aliphatic carbocycles. The molecule has 4 nitrogen and oxygen atoms in total. The Morgan fingerprint density at radius 1 is 1.00 bits per heavy atom. The quantitative estimate of drug-likeness (QED) is 0.562. The maximum Gasteiger partial charge on any atom is 0.247 e. The topological polar surface area (TPSA) is 56.3 Å². The highest BCUT2D eigenvalue weighted by Gasteiger charge is 2.28. The number of aromatic amines is 1. The highest BCUT2D eigenvalue weighted by Crippen LogP contribution is 2.23. The summed E-state index contributed by atoms with van der Waals surface area (Å²) in [6.07, 6.45) is 4.83. The molecule has 0 bridgehead atoms. The van der Waals surface area contributed by atoms with Crippen LogP contribution in [0.5, 0.6) is 0 Å². The van der Waals surface area contributed by atoms with Gasteiger partial charge in [-0.05, 0) is 67.9 Å². The fourth-order valence-corrected chi connectivity index (χ4v) is 4.46. The Labute approximate surface area is 200 Å². The van der Waals surface area contributed by atoms with E-state index in [4.69, 9.17) is 0 Å². The average molecular weight is 463 g/mol. The third kappa shape index (κ3) is 13.2. The number of nitrogens with one attached hydrogen (secondary N) is 1. The first-order valence-corrected chi connectivity index (χ1v) is 12.6. The Hall–Kier alpha value is -1.43. The van der Waals surface area contributed by atoms with Gasteiger partial charge >= 0.3 is 0 Å². The van der Waals surface area contributed by atoms with Crippen LogP contribution >= 0.6 is 11.3 Å². The number of aromatic nitrogens is 1. The van der Waals surface area contributed by atoms with E-state index < -0.39 is 0 Å². The van der Waals surface area contributed by atoms with Crippen LogP contribution < -0.4 is 5.56 Å². The van der Waals surface area contributed by atoms with Crippen molar-refractivity contribution in [3.8, 4) is 0 Å². The number of hydrogen-bond donors (Lipinski definition) is 2. The predicted octanol–water partition coefficient (Wildman–Crippen LogP) is 6.15. The van der Waals surface area contributed by atoms with E-state index in [0.29, 0.717) is 5.41 Å². The van der Waals surface area contributed by atoms with Crippen LogP contribution in [0.4, 0.5) is 0 Å². The normalized spacial score (nSPS) is 17.2. The van der Waals surface area contributed by atoms with Crippen molar-refractivity contribution in [2.24, 2.45) is 10.8 Å². The molecule has 3 rings (SSSR count). The third-order valence-electron chi connectivity index (χ3n) is 4.98. The lowest BCUT2D eigenvalue weighted by molar-refractivity contribution is 0.130. The van der Waals surface area contributed by atoms with Gasteiger partial charge in [0, 0.05) is 35.8 Å². The van der Waals surface area contributed by atoms with Gasteiger partial charge in [0.05, 0.1) is 6.10 Å². The first kappa shape index (κ1) is 28.6. The van der Waals surface area contributed by atoms with Crippen LogP contribution in [0.15, 0.2) is 40.6 Å². The molecule has 5 heteroatoms. The number of hydrogen-bond acceptors (Lipinski definition) is 4. The molecular weight excluding hydrogens is 416 g/mol. The Morgan fingerprint density at radius 3 is 1.97 bits per heavy atom. The second-order valence-electron chi connectivity index (χ2n) is 12.2. The first-order valence-electron chi connectivity index (χ1n) is 11.7. The summed E-state index contributed by atoms with van der Waals surface area (Å²) in [6, 6.07) is 7.77. The lowest BCUT2D eigenvalue weighted by Crippen LogP contribution is -2.39. The third-order valence-corrected chi connectivity index (χ3v) is 5.86. The molecule has 182 valence electrons. The van der Waals surface area contributed by atoms with Crippen molar-refractivity contribution in [2.45, 2.75) is 93.2 Å². The molecule has 0 radical (unpaired) electrons. The van der Waals surface area contributed by atoms with Crippen molar-refractivity contribution >= 4 is 11.3 Å². The molecule has 2 aromatic rings. The average Bonchev–Trinajstić information content (AvgIpc) is 3.27. The minimum absolute atomic E-state index is 0.0346. The van der Waals surface area contributed by atoms with E-state index in [2.05, 4.69) is 89.7 Å². The van der Waals surface area contributed by atoms with E-state index in [1.807, 2.05) is 17.4 Å². The molecule has 0 aromatic carbocycles. The summed E-state index contributed by atoms with van der Waals surface area (Å²) in [5.74, 6) is 0. The smallest absolute Gasteiger partial charge is 0.247 e. The van der Waals surface area contributed by atoms with Crippen LogP contribution in [-0.4, -0.2) is 39.7 Å². The summed E-state index contributed by atoms with van der Waals surface area (Å²) >= 11 is 1.85. The van der Waals surface area contributed by atoms with E-state index in [1.165, 1.54) is 16.9 Å². The lowest BCUT2D eigenvalue weighted by Gasteiger charge is -2.31. The summed E-state index contributed by atoms with van der Waals surface area (Å²) in [7, 11) is 0. The fraction of sp³-hybridized carbons (Fsp3) is 0.667. The summed E-state index contributed by atoms with van der Waals surface area (Å²) < 4.78 is 0. The number of rotatable bonds is 2. The Balaban J connectivity index is 0.000000241. The minimum Gasteiger partial charge on any atom is -0.392 e. The fourth-order valence-electron chi connectivity index (χ4n) is 3.45. The van der Waals surface area contributed by atoms with Crippen molar-refractivity contribution in [1.82, 2.24) is 9.88 Å². The molecule has 1 aliphatic heterocycles. The largest absolute Gasteiger partial charge is 0.392 e. The van der Waals surface area contributed by atoms with Gasteiger partial charge in [0.1, 0.15) is 0 Å². The Kier molecular flexibility index (Phi) is 10.9. The number of pyridine rings is 1. The first-order chi connectivity index (χ1) is 14.5. The van der Waals surface area contributed by atoms with Crippen LogP contribution in [0.3, 0.4) is 0 Å². The SMILES string of the molecule is CC(C)(C)Cc1ccc(=O)[nH]c1.CC(C)(C)Cc1cccs1.CC(C)(C)N1CCC(O)C1. The maximum absolute atomic E-state index is 10.7. The van der Waals surface area contributed by atoms with Gasteiger partial charge in [-0.3, -0.25) is 9.69 Å². The van der Waals surface area contributed by atoms with Gasteiger partial charge in [0.2, 0.25) is 5.56 Å². The molecule has 2 aromatic heterocycles. The number of nitrogens with zero attached hydrogens (tertiary/aromatic N) is 1. The van der Waals surface area contributed by atoms with Crippen molar-refractivity contribution < 1.29 is 5.11 Å². The van der Waals surface area contributed by atoms with Crippen molar-refractivity contribution in [3.63, 3.8) is 0 Å². The van der Waals surface area contributed by atoms with Crippen molar-refractivity contribution in [2.75, 3.05) is 13.1 Å². The predicted molar refractivity (Wildman–Crippen MR) is 140 cm³/mol. The maximum atomic E-state index is 10.7. The van der Waals surface area contributed by atoms with Crippen molar-refractivity contribution in [3.05, 3.63) is 56.6 Å². The van der Waals surface area contributed by atoms with Gasteiger partial charge in [0.25, 0.3) is 0 Å². The monoisotopic (exact) mass is 462 g/mol. The molecule has 0 spiro atoms. The minimum atomic E-state index is -0.0841. The van der Waals surface area contributed by atoms with Gasteiger partial charge in [0.15, 0.2) is 0 Å². The zero-order valence-corrected chi connectivity index (χ0v) is 22.6. The number of β-amino-alcohol motifs (C(OH)–C–C–N with tert-alkyl or cyclic N) is 1. The highest BCUT2D eigenvalue weighted by molar-refractivity contribution is 7.09. The zero-order chi connectivity index (χ0) is 24.6. The molecule has 32 heavy (non-hydrogen) atoms. The second-order valence-corrected chi connectivity index (χ2v) is 13.2. The van der Waals surface area contributed by atoms with Crippen LogP contribution in [-0.2, 0) is 12.8 Å². The number of thiophene rings is 1. The molecule has 1 saturated heterocycles. The van der Waals surface area contributed by atoms with Crippen LogP contribution in [0, 0.1) is 10.8 Å². The Bertz CT molecular complexity index is 801. The van der Waals surface area contributed by atoms with Gasteiger partial charge in [-0.15, -0.1) is 11.3 Å². The standard InChI is InChI=1S/C10H15NO.C9H14S.C8H17NO/c1-10(2,3)6-8-4-5-9(12)11-7-8;1-9(2,3)7-8-5-4-6-10-8;1-8(2,3)9-5-4-7(10)6-9/h4-5,7H,6H2,1-3H3,(H,11,12);4-6H,7H2,1-3H3;7,10H,4-6H2,1-3H3. The van der Waals surface area contributed by atoms with E-state index in [0.717, 1.165) is 25.9 Å². The van der Waals surface area contributed by atoms with Crippen molar-refractivity contribution in [1.29, 1.82) is 0 Å². The van der Waals surface area contributed by atoms with E-state index in [-0.39, 0.29) is 22.6 Å². The highest BCUT2D eigenvalue weighted by atomic mass is 32.1. The molecule has 1 fully saturated rings. The summed E-state index contributed by atoms with van der Waals surface area (Å²) in [5, 5.41) is 11.4. The molecule has 0 amide bonds. The number of aliphatic hydroxyl groups excluding tert-OH is 1. The molecule has 1 aliphatic rings. The van der Waals surface area contributed by atoms with E-state index >= 15 is 0 Å². The summed E-state index contributed by atoms with van der Waals surface area (Å²) in [6.45, 7) is 21.8. The van der Waals surface area contributed by atoms with Gasteiger partial charge < -0.3 is 10.1 Å². The molecule has 1 unspecified atom stereocenters. The second kappa shape index (κ2) is 12.2. The molecule has 2 N–H and O–H groups in total. The van der Waals surface area contributed by atoms with Crippen LogP contribution in [0.2, 0.25) is 0 Å². The van der Waals surface area contributed by atoms with Crippen LogP contribution in [0.1, 0.15) is 79.2 Å². The number of aliphatic hydroxyl groups is 1. The molecular formula is C27H46N2O2S. The number of H-pyrrole nitrogens is 1. The van der Waals surface area contributed by atoms with Gasteiger partial charge in [-0.1, -0.05) is 53.7 Å². The number of likely N-dealkylation sites (tertiary alicyclic amines) is 1. The summed E-state index contributed by atoms with van der Waals surface area (Å²) in [5.41, 5.74) is 2.09. The van der Waals surface area contributed by atoms with E-state index in [9.17, 15) is 9.90 Å². The van der Waals surface area contributed by atoms with E-state index in [1.54, 1.807) is 12.3 Å². The molecule has 3 heterocycles. The van der Waals surface area contributed by atoms with Crippen LogP contribution in [0.25, 0.3) is 0 Å². The lowest BCUT2D eigenvalue weighted by atomic mass is 9.89. The Morgan fingerprint density at radius 2 is 1.62 bits per heavy atom. The van der Waals surface area contributed by atoms with Gasteiger partial charge in [-0.2, -0.15) is 0 Å². The molecule has 1 atom stereocenters. The zero-order valence-electron chi connectivity index (χ0n) is 21.8. The molecule has 0 saturated carbocycles.